The minimum Gasteiger partial charge on any atom is -0.907 e. The van der Waals surface area contributed by atoms with E-state index in [9.17, 15) is 33.6 Å². The quantitative estimate of drug-likeness (QED) is 0.0212. The summed E-state index contributed by atoms with van der Waals surface area (Å²) in [6, 6.07) is 0. The molecule has 7 aromatic rings. The molecule has 0 N–H and O–H groups in total. The lowest BCUT2D eigenvalue weighted by atomic mass is 10.3. The van der Waals surface area contributed by atoms with Crippen molar-refractivity contribution in [3.63, 3.8) is 0 Å². The van der Waals surface area contributed by atoms with Crippen molar-refractivity contribution in [3.8, 4) is 0 Å². The summed E-state index contributed by atoms with van der Waals surface area (Å²) in [5.74, 6) is -8.74. The number of nitrogens with zero attached hydrogens (tertiary/aromatic N) is 14. The molecule has 0 spiro atoms. The summed E-state index contributed by atoms with van der Waals surface area (Å²) in [7, 11) is -2.92. The summed E-state index contributed by atoms with van der Waals surface area (Å²) in [5.41, 5.74) is 0. The molecule has 47 heteroatoms. The predicted molar refractivity (Wildman–Crippen MR) is 351 cm³/mol. The zero-order valence-corrected chi connectivity index (χ0v) is 63.4. The molecule has 0 amide bonds. The number of carboxylic acid groups (broad SMARTS) is 4. The molecule has 14 heterocycles. The zero-order chi connectivity index (χ0) is 83.7. The molecular formula is C67H91BN14O32. The van der Waals surface area contributed by atoms with E-state index in [1.54, 1.807) is 0 Å². The highest BCUT2D eigenvalue weighted by Gasteiger charge is 2.33. The second-order valence-electron chi connectivity index (χ2n) is 24.1. The van der Waals surface area contributed by atoms with E-state index in [1.807, 2.05) is 163 Å². The number of imidazole rings is 7. The van der Waals surface area contributed by atoms with Gasteiger partial charge in [0.1, 0.15) is 179 Å². The van der Waals surface area contributed by atoms with Gasteiger partial charge in [-0.3, -0.25) is 7.32 Å². The highest BCUT2D eigenvalue weighted by molar-refractivity contribution is 6.25. The Kier molecular flexibility index (Phi) is 39.3. The van der Waals surface area contributed by atoms with Crippen molar-refractivity contribution in [2.24, 2.45) is 0 Å². The van der Waals surface area contributed by atoms with Crippen LogP contribution in [0.2, 0.25) is 0 Å². The van der Waals surface area contributed by atoms with Crippen LogP contribution < -0.4 is 67.5 Å². The average molecular weight is 1620 g/mol. The average Bonchev–Trinajstić information content (AvgIpc) is 1.78. The van der Waals surface area contributed by atoms with Gasteiger partial charge in [-0.2, -0.15) is 0 Å². The van der Waals surface area contributed by atoms with E-state index >= 15 is 0 Å². The van der Waals surface area contributed by atoms with E-state index in [-0.39, 0.29) is 42.7 Å². The van der Waals surface area contributed by atoms with Gasteiger partial charge < -0.3 is 121 Å². The van der Waals surface area contributed by atoms with E-state index in [0.717, 1.165) is 45.8 Å². The maximum absolute atomic E-state index is 10.6. The van der Waals surface area contributed by atoms with Crippen molar-refractivity contribution in [1.82, 2.24) is 32.0 Å². The third-order valence-corrected chi connectivity index (χ3v) is 15.6. The highest BCUT2D eigenvalue weighted by Crippen LogP contribution is 2.11. The fraction of sp³-hybridized carbons (Fsp3) is 0.522. The van der Waals surface area contributed by atoms with Gasteiger partial charge in [0.2, 0.25) is 44.3 Å². The van der Waals surface area contributed by atoms with Crippen LogP contribution in [0.25, 0.3) is 0 Å². The van der Waals surface area contributed by atoms with Crippen LogP contribution in [0.3, 0.4) is 0 Å². The monoisotopic (exact) mass is 1610 g/mol. The molecule has 7 aliphatic heterocycles. The molecule has 14 rings (SSSR count). The van der Waals surface area contributed by atoms with E-state index in [4.69, 9.17) is 87.8 Å². The first-order valence-electron chi connectivity index (χ1n) is 35.5. The summed E-state index contributed by atoms with van der Waals surface area (Å²) in [6.07, 6.45) is 36.4. The lowest BCUT2D eigenvalue weighted by Crippen LogP contribution is -2.56. The number of cyclic esters (lactones) is 14. The fourth-order valence-corrected chi connectivity index (χ4v) is 9.97. The Hall–Kier alpha value is -12.8. The van der Waals surface area contributed by atoms with Crippen molar-refractivity contribution >= 4 is 74.3 Å². The van der Waals surface area contributed by atoms with Crippen molar-refractivity contribution < 1.29 is 187 Å². The van der Waals surface area contributed by atoms with Crippen LogP contribution in [0.4, 0.5) is 33.6 Å². The van der Waals surface area contributed by atoms with Crippen molar-refractivity contribution in [1.29, 1.82) is 0 Å². The predicted octanol–water partition coefficient (Wildman–Crippen LogP) is -8.66. The Labute approximate surface area is 650 Å². The third-order valence-electron chi connectivity index (χ3n) is 15.6. The molecule has 7 aliphatic rings. The second kappa shape index (κ2) is 48.8. The third kappa shape index (κ3) is 35.9. The summed E-state index contributed by atoms with van der Waals surface area (Å²) in [6.45, 7) is 28.1. The number of aryl methyl sites for hydroxylation is 7. The molecule has 624 valence electrons. The van der Waals surface area contributed by atoms with Crippen LogP contribution in [0.5, 0.6) is 0 Å². The van der Waals surface area contributed by atoms with E-state index in [0.29, 0.717) is 92.1 Å². The van der Waals surface area contributed by atoms with Crippen molar-refractivity contribution in [3.05, 3.63) is 131 Å². The first-order chi connectivity index (χ1) is 54.4. The van der Waals surface area contributed by atoms with Gasteiger partial charge in [-0.15, -0.1) is 0 Å². The van der Waals surface area contributed by atoms with Gasteiger partial charge in [-0.05, 0) is 48.5 Å². The molecule has 0 radical (unpaired) electrons. The van der Waals surface area contributed by atoms with Gasteiger partial charge in [0.15, 0.2) is 42.7 Å². The van der Waals surface area contributed by atoms with E-state index < -0.39 is 74.3 Å². The molecule has 0 bridgehead atoms. The SMILES string of the molecule is CCn1cc[n+](CC2COC(=O)O2)c1.CCn1cc[n+](CC2COC(=O)O2)c1.CCn1cc[n+](CC2COC(=O)O2)c1.CCn1cc[n+](CC2COC(=O)O2)c1.CCn1cc[n+](CC2COC(=O)O2)c1.CCn1cc[n+](CC2COC(=O)O2)c1.CCn1cc[n+](CC2COC(=O)O2)c1.O=C([O-])C(=O)[O-].O=C([O-])C(=O)[O-].[O-]B([O-])[O-]. The van der Waals surface area contributed by atoms with Crippen molar-refractivity contribution in [2.75, 3.05) is 46.2 Å². The number of ether oxygens (including phenoxy) is 14. The second-order valence-corrected chi connectivity index (χ2v) is 24.1. The summed E-state index contributed by atoms with van der Waals surface area (Å²) >= 11 is 0. The van der Waals surface area contributed by atoms with Crippen LogP contribution in [0, 0.1) is 0 Å². The number of aromatic nitrogens is 14. The summed E-state index contributed by atoms with van der Waals surface area (Å²) in [5, 5.41) is 61.0. The van der Waals surface area contributed by atoms with Crippen LogP contribution in [-0.2, 0) is 177 Å². The molecule has 114 heavy (non-hydrogen) atoms. The standard InChI is InChI=1S/7C9H13N2O3.2C2H2O4.BO3/c7*1-2-10-3-4-11(7-10)5-8-6-13-9(12)14-8;2*3-1(4)2(5)6;2-1(3)4/h7*3-4,7-8H,2,5-6H2,1H3;2*(H,3,4)(H,5,6);/q7*+1;;;-3/p-4. The Morgan fingerprint density at radius 3 is 0.465 bits per heavy atom. The maximum atomic E-state index is 10.6. The van der Waals surface area contributed by atoms with E-state index in [1.165, 1.54) is 0 Å². The number of rotatable bonds is 21. The summed E-state index contributed by atoms with van der Waals surface area (Å²) < 4.78 is 95.5. The molecule has 0 aromatic carbocycles. The smallest absolute Gasteiger partial charge is 0.508 e. The first kappa shape index (κ1) is 91.8. The molecule has 7 unspecified atom stereocenters. The topological polar surface area (TPSA) is 540 Å². The number of carbonyl (C=O) groups is 11. The molecular weight excluding hydrogens is 1520 g/mol. The van der Waals surface area contributed by atoms with Gasteiger partial charge in [-0.1, -0.05) is 0 Å². The normalized spacial score (nSPS) is 18.8. The molecule has 7 aromatic heterocycles. The molecule has 0 aliphatic carbocycles. The number of hydrogen-bond acceptors (Lipinski definition) is 32. The number of carboxylic acids is 4. The largest absolute Gasteiger partial charge is 0.907 e. The van der Waals surface area contributed by atoms with Gasteiger partial charge >= 0.3 is 43.1 Å². The van der Waals surface area contributed by atoms with Gasteiger partial charge in [0.05, 0.1) is 69.7 Å². The summed E-state index contributed by atoms with van der Waals surface area (Å²) in [4.78, 5) is 110. The van der Waals surface area contributed by atoms with Crippen LogP contribution in [-0.4, -0.2) is 195 Å². The van der Waals surface area contributed by atoms with Crippen LogP contribution in [0.15, 0.2) is 131 Å². The lowest BCUT2D eigenvalue weighted by molar-refractivity contribution is -0.702. The molecule has 7 saturated heterocycles. The number of hydrogen-bond donors (Lipinski definition) is 0. The number of aliphatic carboxylic acids is 4. The molecule has 7 atom stereocenters. The van der Waals surface area contributed by atoms with Gasteiger partial charge in [0, 0.05) is 0 Å². The fourth-order valence-electron chi connectivity index (χ4n) is 9.97. The minimum atomic E-state index is -2.92. The van der Waals surface area contributed by atoms with Crippen LogP contribution >= 0.6 is 0 Å². The van der Waals surface area contributed by atoms with Gasteiger partial charge in [0.25, 0.3) is 0 Å². The number of carbonyl (C=O) groups excluding carboxylic acids is 11. The molecule has 7 fully saturated rings. The van der Waals surface area contributed by atoms with Crippen LogP contribution in [0.1, 0.15) is 48.5 Å². The minimum absolute atomic E-state index is 0.153. The van der Waals surface area contributed by atoms with Gasteiger partial charge in [-0.25, -0.2) is 97.5 Å². The van der Waals surface area contributed by atoms with Crippen molar-refractivity contribution in [2.45, 2.75) is 183 Å². The highest BCUT2D eigenvalue weighted by atomic mass is 16.8. The Morgan fingerprint density at radius 1 is 0.281 bits per heavy atom. The maximum Gasteiger partial charge on any atom is 0.508 e. The lowest BCUT2D eigenvalue weighted by Gasteiger charge is -2.35. The van der Waals surface area contributed by atoms with E-state index in [2.05, 4.69) is 114 Å². The first-order valence-corrected chi connectivity index (χ1v) is 35.5. The molecule has 46 nitrogen and oxygen atoms in total. The Bertz CT molecular complexity index is 3460. The Morgan fingerprint density at radius 2 is 0.395 bits per heavy atom. The Balaban J connectivity index is 0.000000230. The molecule has 0 saturated carbocycles. The zero-order valence-electron chi connectivity index (χ0n) is 63.4.